The van der Waals surface area contributed by atoms with Crippen LogP contribution in [-0.4, -0.2) is 68.1 Å². The van der Waals surface area contributed by atoms with E-state index < -0.39 is 30.2 Å². The molecule has 0 unspecified atom stereocenters. The number of hydrogen-bond acceptors (Lipinski definition) is 8. The predicted molar refractivity (Wildman–Crippen MR) is 110 cm³/mol. The van der Waals surface area contributed by atoms with Gasteiger partial charge in [0, 0.05) is 30.4 Å². The van der Waals surface area contributed by atoms with Crippen LogP contribution in [0.3, 0.4) is 0 Å². The number of alkyl halides is 6. The maximum absolute atomic E-state index is 12.4. The summed E-state index contributed by atoms with van der Waals surface area (Å²) in [7, 11) is 0. The van der Waals surface area contributed by atoms with Crippen LogP contribution in [0, 0.1) is 0 Å². The molecule has 1 saturated heterocycles. The van der Waals surface area contributed by atoms with Crippen LogP contribution in [0.1, 0.15) is 17.1 Å². The monoisotopic (exact) mass is 536 g/mol. The third kappa shape index (κ3) is 8.48. The van der Waals surface area contributed by atoms with Crippen LogP contribution in [0.25, 0.3) is 11.3 Å². The number of aliphatic carboxylic acids is 1. The molecule has 200 valence electrons. The van der Waals surface area contributed by atoms with Crippen LogP contribution < -0.4 is 15.4 Å². The summed E-state index contributed by atoms with van der Waals surface area (Å²) in [4.78, 5) is 25.3. The highest BCUT2D eigenvalue weighted by Gasteiger charge is 2.38. The van der Waals surface area contributed by atoms with Crippen molar-refractivity contribution in [3.05, 3.63) is 48.7 Å². The summed E-state index contributed by atoms with van der Waals surface area (Å²) in [5.74, 6) is -3.67. The number of carboxylic acid groups (broad SMARTS) is 1. The lowest BCUT2D eigenvalue weighted by Gasteiger charge is -2.11. The Bertz CT molecular complexity index is 1200. The molecule has 11 nitrogen and oxygen atoms in total. The number of ether oxygens (including phenoxy) is 1. The van der Waals surface area contributed by atoms with E-state index >= 15 is 0 Å². The van der Waals surface area contributed by atoms with Gasteiger partial charge < -0.3 is 24.9 Å². The molecule has 1 amide bonds. The second kappa shape index (κ2) is 11.3. The van der Waals surface area contributed by atoms with Gasteiger partial charge in [0.05, 0.1) is 18.9 Å². The SMILES string of the molecule is O=C(N[C@H]1CN[C@H](Cn2ccnn2)C1)c1ncc(-c2cccc(OC(F)(F)F)c2)o1.O=C(O)C(F)(F)F. The zero-order valence-electron chi connectivity index (χ0n) is 18.5. The number of oxazole rings is 1. The zero-order chi connectivity index (χ0) is 27.2. The molecular weight excluding hydrogens is 518 g/mol. The molecule has 2 atom stereocenters. The van der Waals surface area contributed by atoms with Crippen molar-refractivity contribution in [3.8, 4) is 17.1 Å². The van der Waals surface area contributed by atoms with Crippen molar-refractivity contribution in [3.63, 3.8) is 0 Å². The average Bonchev–Trinajstić information content (AvgIpc) is 3.55. The molecule has 0 aliphatic carbocycles. The minimum atomic E-state index is -5.08. The van der Waals surface area contributed by atoms with Gasteiger partial charge in [-0.3, -0.25) is 9.48 Å². The number of nitrogens with zero attached hydrogens (tertiary/aromatic N) is 4. The Morgan fingerprint density at radius 2 is 1.97 bits per heavy atom. The summed E-state index contributed by atoms with van der Waals surface area (Å²) < 4.78 is 79.9. The van der Waals surface area contributed by atoms with Crippen molar-refractivity contribution in [2.45, 2.75) is 37.6 Å². The minimum absolute atomic E-state index is 0.120. The Morgan fingerprint density at radius 1 is 1.24 bits per heavy atom. The first-order chi connectivity index (χ1) is 17.3. The van der Waals surface area contributed by atoms with Gasteiger partial charge in [-0.2, -0.15) is 13.2 Å². The molecule has 37 heavy (non-hydrogen) atoms. The third-order valence-electron chi connectivity index (χ3n) is 4.73. The first kappa shape index (κ1) is 27.4. The molecule has 1 fully saturated rings. The quantitative estimate of drug-likeness (QED) is 0.405. The van der Waals surface area contributed by atoms with Crippen molar-refractivity contribution in [1.29, 1.82) is 0 Å². The predicted octanol–water partition coefficient (Wildman–Crippen LogP) is 2.63. The van der Waals surface area contributed by atoms with Gasteiger partial charge in [-0.15, -0.1) is 18.3 Å². The van der Waals surface area contributed by atoms with Crippen molar-refractivity contribution >= 4 is 11.9 Å². The molecule has 1 aliphatic heterocycles. The second-order valence-electron chi connectivity index (χ2n) is 7.54. The number of aromatic nitrogens is 4. The smallest absolute Gasteiger partial charge is 0.475 e. The van der Waals surface area contributed by atoms with Crippen LogP contribution in [0.15, 0.2) is 47.3 Å². The van der Waals surface area contributed by atoms with Gasteiger partial charge in [-0.25, -0.2) is 9.78 Å². The summed E-state index contributed by atoms with van der Waals surface area (Å²) in [6.45, 7) is 1.21. The molecule has 3 N–H and O–H groups in total. The molecule has 17 heteroatoms. The van der Waals surface area contributed by atoms with Gasteiger partial charge >= 0.3 is 24.4 Å². The summed E-state index contributed by atoms with van der Waals surface area (Å²) in [6, 6.07) is 5.26. The molecular formula is C20H18F6N6O5. The summed E-state index contributed by atoms with van der Waals surface area (Å²) in [5.41, 5.74) is 0.304. The van der Waals surface area contributed by atoms with Crippen LogP contribution >= 0.6 is 0 Å². The molecule has 0 spiro atoms. The lowest BCUT2D eigenvalue weighted by Crippen LogP contribution is -2.36. The Kier molecular flexibility index (Phi) is 8.36. The molecule has 3 heterocycles. The Balaban J connectivity index is 0.000000479. The minimum Gasteiger partial charge on any atom is -0.475 e. The van der Waals surface area contributed by atoms with Crippen LogP contribution in [-0.2, 0) is 11.3 Å². The lowest BCUT2D eigenvalue weighted by atomic mass is 10.1. The van der Waals surface area contributed by atoms with Gasteiger partial charge in [-0.05, 0) is 18.6 Å². The summed E-state index contributed by atoms with van der Waals surface area (Å²) in [5, 5.41) is 20.9. The summed E-state index contributed by atoms with van der Waals surface area (Å²) >= 11 is 0. The highest BCUT2D eigenvalue weighted by molar-refractivity contribution is 5.90. The first-order valence-corrected chi connectivity index (χ1v) is 10.3. The van der Waals surface area contributed by atoms with E-state index in [0.29, 0.717) is 25.1 Å². The number of carbonyl (C=O) groups is 2. The van der Waals surface area contributed by atoms with E-state index in [0.717, 1.165) is 6.07 Å². The van der Waals surface area contributed by atoms with E-state index in [2.05, 4.69) is 30.7 Å². The molecule has 2 aromatic heterocycles. The number of nitrogens with one attached hydrogen (secondary N) is 2. The molecule has 0 bridgehead atoms. The maximum Gasteiger partial charge on any atom is 0.573 e. The number of halogens is 6. The normalized spacial score (nSPS) is 17.6. The highest BCUT2D eigenvalue weighted by Crippen LogP contribution is 2.28. The van der Waals surface area contributed by atoms with E-state index in [1.54, 1.807) is 17.1 Å². The van der Waals surface area contributed by atoms with Gasteiger partial charge in [-0.1, -0.05) is 17.3 Å². The summed E-state index contributed by atoms with van der Waals surface area (Å²) in [6.07, 6.45) is -4.56. The van der Waals surface area contributed by atoms with E-state index in [-0.39, 0.29) is 23.7 Å². The molecule has 0 saturated carbocycles. The number of rotatable bonds is 6. The number of carbonyl (C=O) groups excluding carboxylic acids is 1. The Morgan fingerprint density at radius 3 is 2.59 bits per heavy atom. The topological polar surface area (TPSA) is 144 Å². The van der Waals surface area contributed by atoms with E-state index in [1.165, 1.54) is 24.4 Å². The van der Waals surface area contributed by atoms with Gasteiger partial charge in [0.25, 0.3) is 5.89 Å². The third-order valence-corrected chi connectivity index (χ3v) is 4.73. The molecule has 4 rings (SSSR count). The first-order valence-electron chi connectivity index (χ1n) is 10.3. The molecule has 1 aromatic carbocycles. The Hall–Kier alpha value is -4.15. The molecule has 0 radical (unpaired) electrons. The average molecular weight is 536 g/mol. The van der Waals surface area contributed by atoms with E-state index in [1.807, 2.05) is 0 Å². The number of benzene rings is 1. The second-order valence-corrected chi connectivity index (χ2v) is 7.54. The van der Waals surface area contributed by atoms with Crippen molar-refractivity contribution in [2.24, 2.45) is 0 Å². The van der Waals surface area contributed by atoms with Crippen LogP contribution in [0.4, 0.5) is 26.3 Å². The Labute approximate surface area is 203 Å². The lowest BCUT2D eigenvalue weighted by molar-refractivity contribution is -0.274. The zero-order valence-corrected chi connectivity index (χ0v) is 18.5. The van der Waals surface area contributed by atoms with Gasteiger partial charge in [0.1, 0.15) is 5.75 Å². The largest absolute Gasteiger partial charge is 0.573 e. The van der Waals surface area contributed by atoms with Gasteiger partial charge in [0.2, 0.25) is 0 Å². The maximum atomic E-state index is 12.4. The molecule has 3 aromatic rings. The molecule has 1 aliphatic rings. The van der Waals surface area contributed by atoms with Crippen molar-refractivity contribution in [2.75, 3.05) is 6.54 Å². The number of amides is 1. The number of carboxylic acids is 1. The van der Waals surface area contributed by atoms with Crippen LogP contribution in [0.5, 0.6) is 5.75 Å². The van der Waals surface area contributed by atoms with Crippen molar-refractivity contribution in [1.82, 2.24) is 30.6 Å². The van der Waals surface area contributed by atoms with E-state index in [9.17, 15) is 31.1 Å². The fourth-order valence-corrected chi connectivity index (χ4v) is 3.23. The van der Waals surface area contributed by atoms with Crippen LogP contribution in [0.2, 0.25) is 0 Å². The fraction of sp³-hybridized carbons (Fsp3) is 0.350. The fourth-order valence-electron chi connectivity index (χ4n) is 3.23. The van der Waals surface area contributed by atoms with E-state index in [4.69, 9.17) is 14.3 Å². The van der Waals surface area contributed by atoms with Crippen molar-refractivity contribution < 1.29 is 50.2 Å². The highest BCUT2D eigenvalue weighted by atomic mass is 19.4. The number of hydrogen-bond donors (Lipinski definition) is 3. The standard InChI is InChI=1S/C18H17F3N6O3.C2HF3O2/c19-18(20,21)30-14-3-1-2-11(6-14)15-9-23-17(29-15)16(28)25-12-7-13(22-8-12)10-27-5-4-24-26-27;3-2(4,5)1(6)7/h1-6,9,12-13,22H,7-8,10H2,(H,25,28);(H,6,7)/t12-,13+;/m1./s1. The van der Waals surface area contributed by atoms with Gasteiger partial charge in [0.15, 0.2) is 5.76 Å².